The molecule has 1 aromatic heterocycles. The summed E-state index contributed by atoms with van der Waals surface area (Å²) in [6, 6.07) is 10.0. The lowest BCUT2D eigenvalue weighted by Crippen LogP contribution is -2.40. The first kappa shape index (κ1) is 25.9. The smallest absolute Gasteiger partial charge is 0.328 e. The van der Waals surface area contributed by atoms with E-state index < -0.39 is 5.97 Å². The minimum absolute atomic E-state index is 0.0713. The molecule has 2 fully saturated rings. The van der Waals surface area contributed by atoms with Gasteiger partial charge in [0.05, 0.1) is 7.11 Å². The topological polar surface area (TPSA) is 88.5 Å². The Morgan fingerprint density at radius 1 is 1.11 bits per heavy atom. The van der Waals surface area contributed by atoms with E-state index in [9.17, 15) is 9.59 Å². The van der Waals surface area contributed by atoms with Crippen LogP contribution in [0.5, 0.6) is 5.75 Å². The number of aromatic nitrogens is 1. The van der Waals surface area contributed by atoms with Crippen molar-refractivity contribution in [1.29, 1.82) is 0 Å². The molecule has 0 bridgehead atoms. The largest absolute Gasteiger partial charge is 0.496 e. The lowest BCUT2D eigenvalue weighted by atomic mass is 9.65. The monoisotopic (exact) mass is 490 g/mol. The third-order valence-electron chi connectivity index (χ3n) is 8.15. The van der Waals surface area contributed by atoms with Crippen molar-refractivity contribution in [2.75, 3.05) is 12.4 Å². The van der Waals surface area contributed by atoms with Crippen LogP contribution in [0.15, 0.2) is 42.6 Å². The van der Waals surface area contributed by atoms with Gasteiger partial charge in [0.15, 0.2) is 0 Å². The fourth-order valence-electron chi connectivity index (χ4n) is 6.20. The van der Waals surface area contributed by atoms with E-state index in [1.165, 1.54) is 23.6 Å². The van der Waals surface area contributed by atoms with Gasteiger partial charge in [-0.1, -0.05) is 31.4 Å². The van der Waals surface area contributed by atoms with E-state index in [1.807, 2.05) is 0 Å². The molecule has 4 rings (SSSR count). The molecule has 1 heterocycles. The molecule has 6 nitrogen and oxygen atoms in total. The van der Waals surface area contributed by atoms with Crippen LogP contribution in [0.25, 0.3) is 6.08 Å². The number of carbonyl (C=O) groups is 2. The van der Waals surface area contributed by atoms with Crippen LogP contribution in [0.4, 0.5) is 5.82 Å². The van der Waals surface area contributed by atoms with Crippen LogP contribution >= 0.6 is 0 Å². The number of benzene rings is 1. The van der Waals surface area contributed by atoms with Crippen LogP contribution < -0.4 is 10.1 Å². The van der Waals surface area contributed by atoms with Gasteiger partial charge in [0, 0.05) is 17.7 Å². The number of hydrogen-bond acceptors (Lipinski definition) is 4. The van der Waals surface area contributed by atoms with Crippen LogP contribution in [0.3, 0.4) is 0 Å². The first-order valence-electron chi connectivity index (χ1n) is 13.2. The number of amides is 1. The number of rotatable bonds is 8. The average molecular weight is 491 g/mol. The van der Waals surface area contributed by atoms with Gasteiger partial charge in [-0.15, -0.1) is 0 Å². The van der Waals surface area contributed by atoms with Crippen molar-refractivity contribution >= 4 is 23.8 Å². The summed E-state index contributed by atoms with van der Waals surface area (Å²) in [5.74, 6) is 1.62. The Hall–Kier alpha value is -3.15. The average Bonchev–Trinajstić information content (AvgIpc) is 2.88. The molecular weight excluding hydrogens is 452 g/mol. The number of carbonyl (C=O) groups excluding carboxylic acids is 1. The number of ether oxygens (including phenoxy) is 1. The highest BCUT2D eigenvalue weighted by Crippen LogP contribution is 2.47. The van der Waals surface area contributed by atoms with E-state index in [4.69, 9.17) is 9.84 Å². The molecular formula is C30H38N2O4. The van der Waals surface area contributed by atoms with Crippen LogP contribution in [-0.4, -0.2) is 29.1 Å². The van der Waals surface area contributed by atoms with Crippen LogP contribution in [0.1, 0.15) is 86.8 Å². The van der Waals surface area contributed by atoms with Crippen LogP contribution in [0.2, 0.25) is 0 Å². The Morgan fingerprint density at radius 3 is 2.53 bits per heavy atom. The lowest BCUT2D eigenvalue weighted by molar-refractivity contribution is -0.131. The summed E-state index contributed by atoms with van der Waals surface area (Å²) in [5, 5.41) is 12.0. The van der Waals surface area contributed by atoms with Crippen molar-refractivity contribution in [3.05, 3.63) is 59.3 Å². The molecule has 1 aromatic carbocycles. The van der Waals surface area contributed by atoms with Gasteiger partial charge >= 0.3 is 5.97 Å². The first-order chi connectivity index (χ1) is 17.4. The maximum Gasteiger partial charge on any atom is 0.328 e. The molecule has 0 atom stereocenters. The number of nitrogens with zero attached hydrogens (tertiary/aromatic N) is 1. The van der Waals surface area contributed by atoms with Gasteiger partial charge in [-0.2, -0.15) is 0 Å². The molecule has 1 amide bonds. The fraction of sp³-hybridized carbons (Fsp3) is 0.500. The van der Waals surface area contributed by atoms with E-state index in [0.717, 1.165) is 69.6 Å². The third kappa shape index (κ3) is 6.34. The molecule has 36 heavy (non-hydrogen) atoms. The highest BCUT2D eigenvalue weighted by Gasteiger charge is 2.42. The molecule has 0 unspecified atom stereocenters. The number of nitrogens with one attached hydrogen (secondary N) is 1. The quantitative estimate of drug-likeness (QED) is 0.400. The number of carboxylic acid groups (broad SMARTS) is 1. The molecule has 2 N–H and O–H groups in total. The molecule has 0 aliphatic heterocycles. The predicted octanol–water partition coefficient (Wildman–Crippen LogP) is 6.75. The Kier molecular flexibility index (Phi) is 8.44. The van der Waals surface area contributed by atoms with E-state index in [0.29, 0.717) is 23.2 Å². The number of hydrogen-bond donors (Lipinski definition) is 2. The van der Waals surface area contributed by atoms with E-state index in [2.05, 4.69) is 35.4 Å². The second-order valence-corrected chi connectivity index (χ2v) is 10.6. The minimum Gasteiger partial charge on any atom is -0.496 e. The highest BCUT2D eigenvalue weighted by molar-refractivity contribution is 5.95. The molecule has 6 heteroatoms. The first-order valence-corrected chi connectivity index (χ1v) is 13.2. The number of carboxylic acids is 1. The maximum absolute atomic E-state index is 13.6. The molecule has 0 radical (unpaired) electrons. The van der Waals surface area contributed by atoms with Crippen LogP contribution in [0, 0.1) is 18.3 Å². The third-order valence-corrected chi connectivity index (χ3v) is 8.15. The molecule has 0 saturated heterocycles. The van der Waals surface area contributed by atoms with Gasteiger partial charge in [-0.25, -0.2) is 9.78 Å². The Balaban J connectivity index is 1.41. The normalized spacial score (nSPS) is 21.7. The summed E-state index contributed by atoms with van der Waals surface area (Å²) in [7, 11) is 1.72. The highest BCUT2D eigenvalue weighted by atomic mass is 16.5. The number of aryl methyl sites for hydroxylation is 1. The fourth-order valence-corrected chi connectivity index (χ4v) is 6.20. The van der Waals surface area contributed by atoms with Crippen molar-refractivity contribution in [1.82, 2.24) is 4.98 Å². The Labute approximate surface area is 214 Å². The number of aliphatic carboxylic acids is 1. The summed E-state index contributed by atoms with van der Waals surface area (Å²) in [5.41, 5.74) is 2.94. The summed E-state index contributed by atoms with van der Waals surface area (Å²) >= 11 is 0. The SMILES string of the molecule is COc1ccc([C@H]2CC[C@H](CC3(C(=O)Nc4cc(/C=C/C(=O)O)ccn4)CCCCC3)CC2)cc1C. The molecule has 192 valence electrons. The summed E-state index contributed by atoms with van der Waals surface area (Å²) in [6.45, 7) is 2.10. The number of pyridine rings is 1. The second kappa shape index (κ2) is 11.7. The summed E-state index contributed by atoms with van der Waals surface area (Å²) < 4.78 is 5.42. The summed E-state index contributed by atoms with van der Waals surface area (Å²) in [4.78, 5) is 28.8. The van der Waals surface area contributed by atoms with Gasteiger partial charge in [0.25, 0.3) is 0 Å². The van der Waals surface area contributed by atoms with E-state index >= 15 is 0 Å². The molecule has 0 spiro atoms. The zero-order chi connectivity index (χ0) is 25.5. The van der Waals surface area contributed by atoms with E-state index in [1.54, 1.807) is 25.4 Å². The van der Waals surface area contributed by atoms with Gasteiger partial charge in [0.1, 0.15) is 11.6 Å². The van der Waals surface area contributed by atoms with Crippen molar-refractivity contribution in [3.63, 3.8) is 0 Å². The standard InChI is InChI=1S/C30H38N2O4/c1-21-18-25(11-12-26(21)36-2)24-9-6-23(7-10-24)20-30(15-4-3-5-16-30)29(35)32-27-19-22(14-17-31-27)8-13-28(33)34/h8,11-14,17-19,23-24H,3-7,9-10,15-16,20H2,1-2H3,(H,33,34)(H,31,32,35)/b13-8+/t23-,24-. The summed E-state index contributed by atoms with van der Waals surface area (Å²) in [6.07, 6.45) is 15.0. The minimum atomic E-state index is -1.00. The van der Waals surface area contributed by atoms with Gasteiger partial charge in [0.2, 0.25) is 5.91 Å². The van der Waals surface area contributed by atoms with Crippen molar-refractivity contribution < 1.29 is 19.4 Å². The molecule has 2 aliphatic rings. The zero-order valence-electron chi connectivity index (χ0n) is 21.5. The van der Waals surface area contributed by atoms with Crippen molar-refractivity contribution in [2.45, 2.75) is 77.0 Å². The van der Waals surface area contributed by atoms with E-state index in [-0.39, 0.29) is 11.3 Å². The van der Waals surface area contributed by atoms with Gasteiger partial charge in [-0.05, 0) is 105 Å². The zero-order valence-corrected chi connectivity index (χ0v) is 21.5. The molecule has 2 saturated carbocycles. The molecule has 2 aliphatic carbocycles. The second-order valence-electron chi connectivity index (χ2n) is 10.6. The Bertz CT molecular complexity index is 1100. The Morgan fingerprint density at radius 2 is 1.86 bits per heavy atom. The maximum atomic E-state index is 13.6. The molecule has 2 aromatic rings. The van der Waals surface area contributed by atoms with Crippen molar-refractivity contribution in [3.8, 4) is 5.75 Å². The van der Waals surface area contributed by atoms with Gasteiger partial charge < -0.3 is 15.2 Å². The predicted molar refractivity (Wildman–Crippen MR) is 142 cm³/mol. The van der Waals surface area contributed by atoms with Crippen LogP contribution in [-0.2, 0) is 9.59 Å². The number of anilines is 1. The number of methoxy groups -OCH3 is 1. The van der Waals surface area contributed by atoms with Crippen molar-refractivity contribution in [2.24, 2.45) is 11.3 Å². The van der Waals surface area contributed by atoms with Gasteiger partial charge in [-0.3, -0.25) is 4.79 Å². The lowest BCUT2D eigenvalue weighted by Gasteiger charge is -2.40.